The molecule has 0 aromatic carbocycles. The summed E-state index contributed by atoms with van der Waals surface area (Å²) in [5.41, 5.74) is 0.991. The molecule has 0 amide bonds. The van der Waals surface area contributed by atoms with E-state index in [2.05, 4.69) is 31.1 Å². The van der Waals surface area contributed by atoms with Crippen molar-refractivity contribution in [3.63, 3.8) is 0 Å². The van der Waals surface area contributed by atoms with Crippen molar-refractivity contribution in [2.75, 3.05) is 6.54 Å². The van der Waals surface area contributed by atoms with Gasteiger partial charge in [0.2, 0.25) is 0 Å². The lowest BCUT2D eigenvalue weighted by molar-refractivity contribution is 0.403. The van der Waals surface area contributed by atoms with Crippen LogP contribution in [0.3, 0.4) is 0 Å². The largest absolute Gasteiger partial charge is 0.310 e. The average Bonchev–Trinajstić information content (AvgIpc) is 2.76. The normalized spacial score (nSPS) is 23.9. The zero-order chi connectivity index (χ0) is 15.6. The quantitative estimate of drug-likeness (QED) is 0.903. The van der Waals surface area contributed by atoms with Crippen molar-refractivity contribution in [2.45, 2.75) is 57.8 Å². The molecular formula is C15H25N3O2S. The van der Waals surface area contributed by atoms with E-state index in [1.807, 2.05) is 13.0 Å². The highest BCUT2D eigenvalue weighted by Crippen LogP contribution is 2.28. The Morgan fingerprint density at radius 3 is 2.57 bits per heavy atom. The van der Waals surface area contributed by atoms with Crippen molar-refractivity contribution in [1.82, 2.24) is 14.6 Å². The maximum Gasteiger partial charge on any atom is 0.260 e. The number of hydrogen-bond acceptors (Lipinski definition) is 4. The number of aromatic nitrogens is 1. The van der Waals surface area contributed by atoms with E-state index < -0.39 is 10.0 Å². The summed E-state index contributed by atoms with van der Waals surface area (Å²) in [6, 6.07) is 3.89. The molecule has 1 fully saturated rings. The molecule has 0 aliphatic carbocycles. The molecule has 2 atom stereocenters. The molecule has 0 saturated carbocycles. The van der Waals surface area contributed by atoms with E-state index in [0.29, 0.717) is 25.0 Å². The molecule has 0 spiro atoms. The van der Waals surface area contributed by atoms with Crippen LogP contribution < -0.4 is 5.32 Å². The maximum atomic E-state index is 12.6. The van der Waals surface area contributed by atoms with Gasteiger partial charge in [-0.2, -0.15) is 4.31 Å². The number of pyridine rings is 1. The molecule has 1 aliphatic rings. The van der Waals surface area contributed by atoms with E-state index in [9.17, 15) is 8.42 Å². The van der Waals surface area contributed by atoms with Gasteiger partial charge < -0.3 is 5.32 Å². The first kappa shape index (κ1) is 16.4. The maximum absolute atomic E-state index is 12.6. The summed E-state index contributed by atoms with van der Waals surface area (Å²) in [4.78, 5) is 4.16. The van der Waals surface area contributed by atoms with E-state index in [0.717, 1.165) is 12.0 Å². The first-order chi connectivity index (χ1) is 9.80. The van der Waals surface area contributed by atoms with Crippen LogP contribution in [0.4, 0.5) is 0 Å². The molecule has 1 saturated heterocycles. The molecule has 2 unspecified atom stereocenters. The topological polar surface area (TPSA) is 62.3 Å². The minimum Gasteiger partial charge on any atom is -0.310 e. The number of nitrogens with one attached hydrogen (secondary N) is 1. The van der Waals surface area contributed by atoms with Gasteiger partial charge in [-0.15, -0.1) is 0 Å². The highest BCUT2D eigenvalue weighted by molar-refractivity contribution is 7.89. The van der Waals surface area contributed by atoms with Gasteiger partial charge in [-0.1, -0.05) is 26.8 Å². The second kappa shape index (κ2) is 6.42. The fraction of sp³-hybridized carbons (Fsp3) is 0.667. The fourth-order valence-electron chi connectivity index (χ4n) is 2.71. The zero-order valence-corrected chi connectivity index (χ0v) is 14.0. The van der Waals surface area contributed by atoms with Gasteiger partial charge in [0.05, 0.1) is 0 Å². The number of rotatable bonds is 5. The SMILES string of the molecule is CC1CC(C)N(S(=O)(=O)c2ccc(CNC(C)C)cn2)C1. The molecule has 2 rings (SSSR count). The van der Waals surface area contributed by atoms with Gasteiger partial charge in [0.25, 0.3) is 10.0 Å². The molecule has 1 aliphatic heterocycles. The number of sulfonamides is 1. The van der Waals surface area contributed by atoms with Crippen LogP contribution in [0.1, 0.15) is 39.7 Å². The number of nitrogens with zero attached hydrogens (tertiary/aromatic N) is 2. The molecule has 6 heteroatoms. The molecule has 118 valence electrons. The van der Waals surface area contributed by atoms with E-state index >= 15 is 0 Å². The molecule has 5 nitrogen and oxygen atoms in total. The predicted octanol–water partition coefficient (Wildman–Crippen LogP) is 2.00. The van der Waals surface area contributed by atoms with Gasteiger partial charge in [-0.05, 0) is 30.9 Å². The molecule has 1 aromatic heterocycles. The van der Waals surface area contributed by atoms with Gasteiger partial charge in [0.15, 0.2) is 5.03 Å². The Bertz CT molecular complexity index is 569. The lowest BCUT2D eigenvalue weighted by Crippen LogP contribution is -2.34. The van der Waals surface area contributed by atoms with Crippen molar-refractivity contribution in [3.8, 4) is 0 Å². The van der Waals surface area contributed by atoms with Gasteiger partial charge in [-0.25, -0.2) is 13.4 Å². The first-order valence-electron chi connectivity index (χ1n) is 7.51. The summed E-state index contributed by atoms with van der Waals surface area (Å²) in [5, 5.41) is 3.44. The predicted molar refractivity (Wildman–Crippen MR) is 83.3 cm³/mol. The molecule has 1 aromatic rings. The van der Waals surface area contributed by atoms with Crippen LogP contribution in [0, 0.1) is 5.92 Å². The standard InChI is InChI=1S/C15H25N3O2S/c1-11(2)16-8-14-5-6-15(17-9-14)21(19,20)18-10-12(3)7-13(18)4/h5-6,9,11-13,16H,7-8,10H2,1-4H3. The van der Waals surface area contributed by atoms with Crippen LogP contribution >= 0.6 is 0 Å². The van der Waals surface area contributed by atoms with Crippen molar-refractivity contribution >= 4 is 10.0 Å². The van der Waals surface area contributed by atoms with Gasteiger partial charge in [0, 0.05) is 31.4 Å². The van der Waals surface area contributed by atoms with Crippen molar-refractivity contribution < 1.29 is 8.42 Å². The van der Waals surface area contributed by atoms with Crippen molar-refractivity contribution in [2.24, 2.45) is 5.92 Å². The molecule has 0 radical (unpaired) electrons. The Hall–Kier alpha value is -0.980. The van der Waals surface area contributed by atoms with Crippen LogP contribution in [-0.2, 0) is 16.6 Å². The Morgan fingerprint density at radius 2 is 2.10 bits per heavy atom. The van der Waals surface area contributed by atoms with Gasteiger partial charge in [0.1, 0.15) is 0 Å². The van der Waals surface area contributed by atoms with E-state index in [1.165, 1.54) is 0 Å². The van der Waals surface area contributed by atoms with Gasteiger partial charge in [-0.3, -0.25) is 0 Å². The smallest absolute Gasteiger partial charge is 0.260 e. The number of hydrogen-bond donors (Lipinski definition) is 1. The van der Waals surface area contributed by atoms with Gasteiger partial charge >= 0.3 is 0 Å². The summed E-state index contributed by atoms with van der Waals surface area (Å²) < 4.78 is 26.8. The zero-order valence-electron chi connectivity index (χ0n) is 13.2. The lowest BCUT2D eigenvalue weighted by atomic mass is 10.1. The van der Waals surface area contributed by atoms with E-state index in [4.69, 9.17) is 0 Å². The Balaban J connectivity index is 2.14. The summed E-state index contributed by atoms with van der Waals surface area (Å²) in [6.07, 6.45) is 2.56. The summed E-state index contributed by atoms with van der Waals surface area (Å²) >= 11 is 0. The summed E-state index contributed by atoms with van der Waals surface area (Å²) in [5.74, 6) is 0.407. The third kappa shape index (κ3) is 3.81. The highest BCUT2D eigenvalue weighted by atomic mass is 32.2. The van der Waals surface area contributed by atoms with Crippen molar-refractivity contribution in [1.29, 1.82) is 0 Å². The van der Waals surface area contributed by atoms with Crippen LogP contribution in [0.2, 0.25) is 0 Å². The van der Waals surface area contributed by atoms with Crippen LogP contribution in [0.25, 0.3) is 0 Å². The third-order valence-electron chi connectivity index (χ3n) is 3.81. The molecule has 1 N–H and O–H groups in total. The minimum absolute atomic E-state index is 0.0501. The average molecular weight is 311 g/mol. The highest BCUT2D eigenvalue weighted by Gasteiger charge is 2.36. The lowest BCUT2D eigenvalue weighted by Gasteiger charge is -2.20. The second-order valence-corrected chi connectivity index (χ2v) is 8.14. The summed E-state index contributed by atoms with van der Waals surface area (Å²) in [6.45, 7) is 9.47. The second-order valence-electron chi connectivity index (χ2n) is 6.30. The summed E-state index contributed by atoms with van der Waals surface area (Å²) in [7, 11) is -3.47. The monoisotopic (exact) mass is 311 g/mol. The third-order valence-corrected chi connectivity index (χ3v) is 5.71. The Morgan fingerprint density at radius 1 is 1.38 bits per heavy atom. The van der Waals surface area contributed by atoms with Crippen LogP contribution in [-0.4, -0.2) is 36.3 Å². The van der Waals surface area contributed by atoms with Crippen molar-refractivity contribution in [3.05, 3.63) is 23.9 Å². The molecule has 2 heterocycles. The van der Waals surface area contributed by atoms with E-state index in [-0.39, 0.29) is 11.1 Å². The van der Waals surface area contributed by atoms with E-state index in [1.54, 1.807) is 16.6 Å². The fourth-order valence-corrected chi connectivity index (χ4v) is 4.38. The molecule has 21 heavy (non-hydrogen) atoms. The van der Waals surface area contributed by atoms with Crippen LogP contribution in [0.15, 0.2) is 23.4 Å². The first-order valence-corrected chi connectivity index (χ1v) is 8.95. The van der Waals surface area contributed by atoms with Crippen LogP contribution in [0.5, 0.6) is 0 Å². The molecule has 0 bridgehead atoms. The Kier molecular flexibility index (Phi) is 5.01. The Labute approximate surface area is 127 Å². The molecular weight excluding hydrogens is 286 g/mol. The minimum atomic E-state index is -3.47.